The number of benzene rings is 1. The molecule has 1 amide bonds. The van der Waals surface area contributed by atoms with E-state index in [4.69, 9.17) is 0 Å². The zero-order chi connectivity index (χ0) is 13.8. The Balaban J connectivity index is 2.71. The van der Waals surface area contributed by atoms with Gasteiger partial charge >= 0.3 is 0 Å². The normalized spacial score (nSPS) is 11.0. The highest BCUT2D eigenvalue weighted by molar-refractivity contribution is 7.89. The van der Waals surface area contributed by atoms with E-state index in [9.17, 15) is 13.2 Å². The van der Waals surface area contributed by atoms with Crippen LogP contribution in [0.4, 0.5) is 0 Å². The van der Waals surface area contributed by atoms with Crippen molar-refractivity contribution < 1.29 is 13.2 Å². The minimum absolute atomic E-state index is 0.0132. The van der Waals surface area contributed by atoms with Gasteiger partial charge in [-0.3, -0.25) is 4.79 Å². The fraction of sp³-hybridized carbons (Fsp3) is 0.308. The zero-order valence-electron chi connectivity index (χ0n) is 10.6. The van der Waals surface area contributed by atoms with Crippen molar-refractivity contribution in [1.29, 1.82) is 0 Å². The molecule has 0 aliphatic rings. The summed E-state index contributed by atoms with van der Waals surface area (Å²) in [6.07, 6.45) is 1.18. The second kappa shape index (κ2) is 5.82. The standard InChI is InChI=1S/C13H17NO3S/c1-10(2)8-14-13(15)12-6-4-11(5-7-12)9-18(3,16)17/h4-7H,1,8-9H2,2-3H3,(H,14,15). The monoisotopic (exact) mass is 267 g/mol. The molecule has 0 atom stereocenters. The fourth-order valence-electron chi connectivity index (χ4n) is 1.39. The molecule has 5 heteroatoms. The number of rotatable bonds is 5. The van der Waals surface area contributed by atoms with Gasteiger partial charge < -0.3 is 5.32 Å². The minimum atomic E-state index is -3.04. The Morgan fingerprint density at radius 1 is 1.28 bits per heavy atom. The third-order valence-corrected chi connectivity index (χ3v) is 3.05. The van der Waals surface area contributed by atoms with Crippen LogP contribution < -0.4 is 5.32 Å². The fourth-order valence-corrected chi connectivity index (χ4v) is 2.19. The quantitative estimate of drug-likeness (QED) is 0.823. The van der Waals surface area contributed by atoms with Crippen LogP contribution in [0.1, 0.15) is 22.8 Å². The van der Waals surface area contributed by atoms with Gasteiger partial charge in [0.1, 0.15) is 0 Å². The van der Waals surface area contributed by atoms with E-state index in [1.165, 1.54) is 6.26 Å². The molecule has 1 aromatic carbocycles. The van der Waals surface area contributed by atoms with Crippen LogP contribution in [0.25, 0.3) is 0 Å². The second-order valence-corrected chi connectivity index (χ2v) is 6.55. The predicted octanol–water partition coefficient (Wildman–Crippen LogP) is 1.54. The molecule has 0 saturated heterocycles. The molecule has 0 heterocycles. The smallest absolute Gasteiger partial charge is 0.251 e. The maximum atomic E-state index is 11.7. The number of nitrogens with one attached hydrogen (secondary N) is 1. The molecule has 18 heavy (non-hydrogen) atoms. The van der Waals surface area contributed by atoms with Crippen LogP contribution in [0.3, 0.4) is 0 Å². The molecule has 0 aliphatic carbocycles. The van der Waals surface area contributed by atoms with Crippen molar-refractivity contribution in [2.24, 2.45) is 0 Å². The van der Waals surface area contributed by atoms with Gasteiger partial charge in [-0.2, -0.15) is 0 Å². The van der Waals surface area contributed by atoms with Crippen molar-refractivity contribution in [2.75, 3.05) is 12.8 Å². The Labute approximate surface area is 108 Å². The number of carbonyl (C=O) groups excluding carboxylic acids is 1. The van der Waals surface area contributed by atoms with E-state index in [-0.39, 0.29) is 11.7 Å². The predicted molar refractivity (Wildman–Crippen MR) is 72.1 cm³/mol. The third-order valence-electron chi connectivity index (χ3n) is 2.20. The number of amides is 1. The van der Waals surface area contributed by atoms with Gasteiger partial charge in [-0.15, -0.1) is 0 Å². The number of hydrogen-bond acceptors (Lipinski definition) is 3. The first kappa shape index (κ1) is 14.4. The topological polar surface area (TPSA) is 63.2 Å². The van der Waals surface area contributed by atoms with Crippen molar-refractivity contribution >= 4 is 15.7 Å². The van der Waals surface area contributed by atoms with Gasteiger partial charge in [-0.25, -0.2) is 8.42 Å². The molecule has 1 rings (SSSR count). The number of hydrogen-bond donors (Lipinski definition) is 1. The average Bonchev–Trinajstić information content (AvgIpc) is 2.24. The Hall–Kier alpha value is -1.62. The maximum Gasteiger partial charge on any atom is 0.251 e. The number of carbonyl (C=O) groups is 1. The zero-order valence-corrected chi connectivity index (χ0v) is 11.4. The van der Waals surface area contributed by atoms with E-state index in [1.807, 2.05) is 6.92 Å². The Bertz CT molecular complexity index is 544. The molecule has 0 saturated carbocycles. The summed E-state index contributed by atoms with van der Waals surface area (Å²) in [6, 6.07) is 6.54. The second-order valence-electron chi connectivity index (χ2n) is 4.41. The van der Waals surface area contributed by atoms with Crippen LogP contribution >= 0.6 is 0 Å². The average molecular weight is 267 g/mol. The minimum Gasteiger partial charge on any atom is -0.348 e. The Morgan fingerprint density at radius 2 is 1.83 bits per heavy atom. The number of sulfone groups is 1. The lowest BCUT2D eigenvalue weighted by molar-refractivity contribution is 0.0957. The van der Waals surface area contributed by atoms with Crippen molar-refractivity contribution in [3.8, 4) is 0 Å². The highest BCUT2D eigenvalue weighted by Crippen LogP contribution is 2.08. The van der Waals surface area contributed by atoms with E-state index in [2.05, 4.69) is 11.9 Å². The summed E-state index contributed by atoms with van der Waals surface area (Å²) in [7, 11) is -3.04. The van der Waals surface area contributed by atoms with E-state index in [0.29, 0.717) is 17.7 Å². The lowest BCUT2D eigenvalue weighted by Crippen LogP contribution is -2.24. The summed E-state index contributed by atoms with van der Waals surface area (Å²) in [5, 5.41) is 2.71. The van der Waals surface area contributed by atoms with Crippen molar-refractivity contribution in [1.82, 2.24) is 5.32 Å². The molecule has 98 valence electrons. The van der Waals surface area contributed by atoms with E-state index in [1.54, 1.807) is 24.3 Å². The molecule has 0 unspecified atom stereocenters. The summed E-state index contributed by atoms with van der Waals surface area (Å²) < 4.78 is 22.2. The lowest BCUT2D eigenvalue weighted by atomic mass is 10.1. The molecule has 0 aliphatic heterocycles. The van der Waals surface area contributed by atoms with Crippen molar-refractivity contribution in [3.05, 3.63) is 47.5 Å². The van der Waals surface area contributed by atoms with Crippen LogP contribution in [-0.4, -0.2) is 27.1 Å². The van der Waals surface area contributed by atoms with Crippen LogP contribution in [0.15, 0.2) is 36.4 Å². The summed E-state index contributed by atoms with van der Waals surface area (Å²) in [4.78, 5) is 11.7. The third kappa shape index (κ3) is 5.14. The van der Waals surface area contributed by atoms with Crippen LogP contribution in [0.2, 0.25) is 0 Å². The summed E-state index contributed by atoms with van der Waals surface area (Å²) in [5.74, 6) is -0.204. The molecule has 1 N–H and O–H groups in total. The summed E-state index contributed by atoms with van der Waals surface area (Å²) >= 11 is 0. The Kier molecular flexibility index (Phi) is 4.67. The van der Waals surface area contributed by atoms with Gasteiger partial charge in [0.15, 0.2) is 9.84 Å². The highest BCUT2D eigenvalue weighted by Gasteiger charge is 2.07. The van der Waals surface area contributed by atoms with Crippen molar-refractivity contribution in [3.63, 3.8) is 0 Å². The van der Waals surface area contributed by atoms with Crippen LogP contribution in [-0.2, 0) is 15.6 Å². The van der Waals surface area contributed by atoms with Gasteiger partial charge in [-0.05, 0) is 24.6 Å². The molecule has 0 spiro atoms. The SMILES string of the molecule is C=C(C)CNC(=O)c1ccc(CS(C)(=O)=O)cc1. The highest BCUT2D eigenvalue weighted by atomic mass is 32.2. The first-order valence-corrected chi connectivity index (χ1v) is 7.53. The Morgan fingerprint density at radius 3 is 2.28 bits per heavy atom. The first-order valence-electron chi connectivity index (χ1n) is 5.47. The van der Waals surface area contributed by atoms with Crippen molar-refractivity contribution in [2.45, 2.75) is 12.7 Å². The molecule has 0 fully saturated rings. The van der Waals surface area contributed by atoms with E-state index < -0.39 is 9.84 Å². The lowest BCUT2D eigenvalue weighted by Gasteiger charge is -2.05. The van der Waals surface area contributed by atoms with Crippen LogP contribution in [0, 0.1) is 0 Å². The largest absolute Gasteiger partial charge is 0.348 e. The molecule has 4 nitrogen and oxygen atoms in total. The van der Waals surface area contributed by atoms with Gasteiger partial charge in [0.25, 0.3) is 5.91 Å². The molecule has 0 radical (unpaired) electrons. The van der Waals surface area contributed by atoms with Crippen LogP contribution in [0.5, 0.6) is 0 Å². The van der Waals surface area contributed by atoms with Gasteiger partial charge in [-0.1, -0.05) is 24.3 Å². The first-order chi connectivity index (χ1) is 8.28. The molecular weight excluding hydrogens is 250 g/mol. The van der Waals surface area contributed by atoms with E-state index in [0.717, 1.165) is 5.57 Å². The van der Waals surface area contributed by atoms with Gasteiger partial charge in [0.2, 0.25) is 0 Å². The van der Waals surface area contributed by atoms with Gasteiger partial charge in [0.05, 0.1) is 5.75 Å². The maximum absolute atomic E-state index is 11.7. The van der Waals surface area contributed by atoms with Gasteiger partial charge in [0, 0.05) is 18.4 Å². The molecule has 1 aromatic rings. The molecule has 0 bridgehead atoms. The van der Waals surface area contributed by atoms with E-state index >= 15 is 0 Å². The summed E-state index contributed by atoms with van der Waals surface area (Å²) in [5.41, 5.74) is 2.06. The molecular formula is C13H17NO3S. The summed E-state index contributed by atoms with van der Waals surface area (Å²) in [6.45, 7) is 5.96. The molecule has 0 aromatic heterocycles.